The van der Waals surface area contributed by atoms with Gasteiger partial charge < -0.3 is 5.32 Å². The molecule has 5 heterocycles. The molecule has 0 fully saturated rings. The molecule has 5 aromatic heterocycles. The second kappa shape index (κ2) is 5.44. The van der Waals surface area contributed by atoms with E-state index in [9.17, 15) is 0 Å². The van der Waals surface area contributed by atoms with Crippen molar-refractivity contribution >= 4 is 64.8 Å². The van der Waals surface area contributed by atoms with Crippen LogP contribution in [0, 0.1) is 13.8 Å². The van der Waals surface area contributed by atoms with E-state index in [1.165, 1.54) is 5.56 Å². The van der Waals surface area contributed by atoms with Gasteiger partial charge in [0.2, 0.25) is 0 Å². The Balaban J connectivity index is 1.70. The second-order valence-corrected chi connectivity index (χ2v) is 7.75. The van der Waals surface area contributed by atoms with Crippen molar-refractivity contribution < 1.29 is 0 Å². The number of hydrogen-bond acceptors (Lipinski definition) is 7. The van der Waals surface area contributed by atoms with E-state index in [2.05, 4.69) is 49.7 Å². The van der Waals surface area contributed by atoms with E-state index in [-0.39, 0.29) is 0 Å². The molecule has 0 atom stereocenters. The lowest BCUT2D eigenvalue weighted by molar-refractivity contribution is 1.23. The van der Waals surface area contributed by atoms with Crippen LogP contribution < -0.4 is 5.32 Å². The van der Waals surface area contributed by atoms with Crippen molar-refractivity contribution in [3.63, 3.8) is 0 Å². The van der Waals surface area contributed by atoms with Crippen molar-refractivity contribution in [3.05, 3.63) is 47.4 Å². The van der Waals surface area contributed by atoms with Crippen LogP contribution in [0.5, 0.6) is 0 Å². The number of pyridine rings is 2. The molecule has 25 heavy (non-hydrogen) atoms. The molecule has 0 spiro atoms. The molecule has 0 bridgehead atoms. The number of anilines is 2. The van der Waals surface area contributed by atoms with Gasteiger partial charge in [0.05, 0.1) is 15.9 Å². The number of thiophene rings is 2. The lowest BCUT2D eigenvalue weighted by Crippen LogP contribution is -1.94. The maximum Gasteiger partial charge on any atom is 0.151 e. The van der Waals surface area contributed by atoms with Crippen molar-refractivity contribution in [1.29, 1.82) is 0 Å². The van der Waals surface area contributed by atoms with Crippen molar-refractivity contribution in [1.82, 2.24) is 19.9 Å². The van der Waals surface area contributed by atoms with Gasteiger partial charge in [-0.3, -0.25) is 0 Å². The Morgan fingerprint density at radius 2 is 2.00 bits per heavy atom. The smallest absolute Gasteiger partial charge is 0.151 e. The fourth-order valence-corrected chi connectivity index (χ4v) is 5.14. The molecule has 0 aliphatic carbocycles. The van der Waals surface area contributed by atoms with Gasteiger partial charge in [0.1, 0.15) is 16.0 Å². The molecule has 0 amide bonds. The van der Waals surface area contributed by atoms with E-state index >= 15 is 0 Å². The molecule has 5 aromatic rings. The summed E-state index contributed by atoms with van der Waals surface area (Å²) in [7, 11) is 0. The van der Waals surface area contributed by atoms with E-state index < -0.39 is 0 Å². The third-order valence-electron chi connectivity index (χ3n) is 4.15. The predicted octanol–water partition coefficient (Wildman–Crippen LogP) is 5.21. The van der Waals surface area contributed by atoms with E-state index in [0.29, 0.717) is 0 Å². The van der Waals surface area contributed by atoms with Crippen LogP contribution in [0.25, 0.3) is 30.6 Å². The molecule has 0 saturated carbocycles. The topological polar surface area (TPSA) is 63.6 Å². The van der Waals surface area contributed by atoms with Crippen LogP contribution in [0.2, 0.25) is 0 Å². The van der Waals surface area contributed by atoms with Gasteiger partial charge in [-0.25, -0.2) is 19.9 Å². The predicted molar refractivity (Wildman–Crippen MR) is 105 cm³/mol. The monoisotopic (exact) mass is 363 g/mol. The summed E-state index contributed by atoms with van der Waals surface area (Å²) in [6, 6.07) is 6.10. The Kier molecular flexibility index (Phi) is 3.19. The summed E-state index contributed by atoms with van der Waals surface area (Å²) in [5.41, 5.74) is 4.24. The summed E-state index contributed by atoms with van der Waals surface area (Å²) in [6.07, 6.45) is 3.41. The van der Waals surface area contributed by atoms with E-state index in [1.807, 2.05) is 19.2 Å². The third kappa shape index (κ3) is 2.27. The average molecular weight is 363 g/mol. The Hall–Kier alpha value is -2.64. The zero-order chi connectivity index (χ0) is 17.0. The largest absolute Gasteiger partial charge is 0.338 e. The van der Waals surface area contributed by atoms with Crippen molar-refractivity contribution in [2.45, 2.75) is 13.8 Å². The molecule has 1 N–H and O–H groups in total. The highest BCUT2D eigenvalue weighted by molar-refractivity contribution is 7.26. The van der Waals surface area contributed by atoms with Crippen LogP contribution >= 0.6 is 22.7 Å². The summed E-state index contributed by atoms with van der Waals surface area (Å²) >= 11 is 3.26. The molecule has 0 aliphatic heterocycles. The first kappa shape index (κ1) is 14.7. The fraction of sp³-hybridized carbons (Fsp3) is 0.111. The maximum absolute atomic E-state index is 4.63. The van der Waals surface area contributed by atoms with Gasteiger partial charge in [-0.05, 0) is 37.6 Å². The molecule has 0 saturated heterocycles. The minimum atomic E-state index is 0.813. The Morgan fingerprint density at radius 1 is 1.08 bits per heavy atom. The number of hydrogen-bond donors (Lipinski definition) is 1. The lowest BCUT2D eigenvalue weighted by Gasteiger charge is -2.06. The van der Waals surface area contributed by atoms with Gasteiger partial charge in [-0.2, -0.15) is 0 Å². The normalized spacial score (nSPS) is 11.6. The highest BCUT2D eigenvalue weighted by Gasteiger charge is 2.14. The number of rotatable bonds is 2. The number of aryl methyl sites for hydroxylation is 2. The quantitative estimate of drug-likeness (QED) is 0.466. The minimum Gasteiger partial charge on any atom is -0.338 e. The van der Waals surface area contributed by atoms with Crippen molar-refractivity contribution in [3.8, 4) is 0 Å². The number of fused-ring (bicyclic) bond motifs is 4. The van der Waals surface area contributed by atoms with Gasteiger partial charge in [0.15, 0.2) is 5.82 Å². The number of aromatic nitrogens is 4. The highest BCUT2D eigenvalue weighted by Crippen LogP contribution is 2.38. The van der Waals surface area contributed by atoms with E-state index in [4.69, 9.17) is 0 Å². The van der Waals surface area contributed by atoms with Gasteiger partial charge in [-0.15, -0.1) is 22.7 Å². The van der Waals surface area contributed by atoms with Crippen LogP contribution in [0.1, 0.15) is 11.3 Å². The molecule has 0 radical (unpaired) electrons. The van der Waals surface area contributed by atoms with Crippen LogP contribution in [-0.4, -0.2) is 19.9 Å². The Bertz CT molecular complexity index is 1250. The summed E-state index contributed by atoms with van der Waals surface area (Å²) in [4.78, 5) is 20.0. The summed E-state index contributed by atoms with van der Waals surface area (Å²) in [5.74, 6) is 0.813. The molecule has 0 aromatic carbocycles. The zero-order valence-electron chi connectivity index (χ0n) is 13.6. The van der Waals surface area contributed by atoms with E-state index in [0.717, 1.165) is 47.8 Å². The van der Waals surface area contributed by atoms with Gasteiger partial charge in [-0.1, -0.05) is 0 Å². The molecule has 5 nitrogen and oxygen atoms in total. The van der Waals surface area contributed by atoms with Crippen molar-refractivity contribution in [2.75, 3.05) is 5.32 Å². The maximum atomic E-state index is 4.63. The van der Waals surface area contributed by atoms with Crippen molar-refractivity contribution in [2.24, 2.45) is 0 Å². The zero-order valence-corrected chi connectivity index (χ0v) is 15.2. The molecule has 122 valence electrons. The Morgan fingerprint density at radius 3 is 2.92 bits per heavy atom. The lowest BCUT2D eigenvalue weighted by atomic mass is 10.1. The second-order valence-electron chi connectivity index (χ2n) is 5.89. The molecule has 5 rings (SSSR count). The Labute approximate surface area is 151 Å². The van der Waals surface area contributed by atoms with Gasteiger partial charge in [0, 0.05) is 28.0 Å². The first-order valence-electron chi connectivity index (χ1n) is 7.81. The molecule has 0 unspecified atom stereocenters. The first-order chi connectivity index (χ1) is 12.2. The third-order valence-corrected chi connectivity index (χ3v) is 6.13. The van der Waals surface area contributed by atoms with Crippen LogP contribution in [-0.2, 0) is 0 Å². The minimum absolute atomic E-state index is 0.813. The highest BCUT2D eigenvalue weighted by atomic mass is 32.1. The summed E-state index contributed by atoms with van der Waals surface area (Å²) in [6.45, 7) is 4.14. The van der Waals surface area contributed by atoms with E-state index in [1.54, 1.807) is 29.0 Å². The molecule has 7 heteroatoms. The standard InChI is InChI=1S/C18H13N5S2/c1-9-6-10(2)22-18-13(9)12(7-24-18)23-16-15-14(20-8-21-16)11-4-3-5-19-17(11)25-15/h3-8H,1-2H3,(H,20,21,23). The summed E-state index contributed by atoms with van der Waals surface area (Å²) < 4.78 is 1.02. The molecular weight excluding hydrogens is 350 g/mol. The first-order valence-corrected chi connectivity index (χ1v) is 9.51. The number of nitrogens with zero attached hydrogens (tertiary/aromatic N) is 4. The molecular formula is C18H13N5S2. The molecule has 0 aliphatic rings. The number of nitrogens with one attached hydrogen (secondary N) is 1. The van der Waals surface area contributed by atoms with Gasteiger partial charge >= 0.3 is 0 Å². The average Bonchev–Trinajstić information content (AvgIpc) is 3.17. The SMILES string of the molecule is Cc1cc(C)c2c(Nc3ncnc4c3sc3ncccc34)csc2n1. The summed E-state index contributed by atoms with van der Waals surface area (Å²) in [5, 5.41) is 7.81. The van der Waals surface area contributed by atoms with Crippen LogP contribution in [0.4, 0.5) is 11.5 Å². The van der Waals surface area contributed by atoms with Gasteiger partial charge in [0.25, 0.3) is 0 Å². The fourth-order valence-electron chi connectivity index (χ4n) is 3.11. The van der Waals surface area contributed by atoms with Crippen LogP contribution in [0.3, 0.4) is 0 Å². The van der Waals surface area contributed by atoms with Crippen LogP contribution in [0.15, 0.2) is 36.1 Å².